The van der Waals surface area contributed by atoms with Gasteiger partial charge in [0.05, 0.1) is 18.4 Å². The van der Waals surface area contributed by atoms with Crippen LogP contribution in [-0.4, -0.2) is 52.5 Å². The number of rotatable bonds is 9. The minimum Gasteiger partial charge on any atom is -0.377 e. The summed E-state index contributed by atoms with van der Waals surface area (Å²) in [7, 11) is -3.32. The number of hydrogen-bond donors (Lipinski definition) is 3. The Labute approximate surface area is 177 Å². The second-order valence-corrected chi connectivity index (χ2v) is 8.62. The summed E-state index contributed by atoms with van der Waals surface area (Å²) in [5.41, 5.74) is 1.14. The van der Waals surface area contributed by atoms with Crippen LogP contribution in [0.4, 0.5) is 0 Å². The quantitative estimate of drug-likeness (QED) is 0.265. The van der Waals surface area contributed by atoms with Gasteiger partial charge in [-0.25, -0.2) is 18.1 Å². The van der Waals surface area contributed by atoms with Gasteiger partial charge >= 0.3 is 0 Å². The predicted molar refractivity (Wildman–Crippen MR) is 118 cm³/mol. The topological polar surface area (TPSA) is 91.8 Å². The summed E-state index contributed by atoms with van der Waals surface area (Å²) >= 11 is 1.64. The number of thiophene rings is 1. The second-order valence-electron chi connectivity index (χ2n) is 5.91. The molecule has 1 atom stereocenters. The molecule has 2 heterocycles. The van der Waals surface area contributed by atoms with E-state index in [1.54, 1.807) is 11.3 Å². The van der Waals surface area contributed by atoms with E-state index in [9.17, 15) is 8.42 Å². The SMILES string of the molecule is CCNC(=NCc1ccsc1)NCCS(=O)(=O)NCC1CCCCO1.I. The Balaban J connectivity index is 0.00000338. The van der Waals surface area contributed by atoms with E-state index in [0.29, 0.717) is 25.6 Å². The molecule has 0 aliphatic carbocycles. The maximum atomic E-state index is 12.1. The molecule has 7 nitrogen and oxygen atoms in total. The van der Waals surface area contributed by atoms with Crippen molar-refractivity contribution in [2.24, 2.45) is 4.99 Å². The first-order chi connectivity index (χ1) is 12.1. The maximum Gasteiger partial charge on any atom is 0.213 e. The third-order valence-corrected chi connectivity index (χ3v) is 5.89. The van der Waals surface area contributed by atoms with Gasteiger partial charge in [0.15, 0.2) is 5.96 Å². The highest BCUT2D eigenvalue weighted by Gasteiger charge is 2.17. The fourth-order valence-electron chi connectivity index (χ4n) is 2.46. The zero-order valence-corrected chi connectivity index (χ0v) is 19.0. The van der Waals surface area contributed by atoms with Crippen molar-refractivity contribution >= 4 is 51.3 Å². The third-order valence-electron chi connectivity index (χ3n) is 3.81. The maximum absolute atomic E-state index is 12.1. The normalized spacial score (nSPS) is 18.2. The zero-order chi connectivity index (χ0) is 18.0. The standard InChI is InChI=1S/C16H28N4O3S2.HI/c1-2-17-16(19-11-14-6-9-24-13-14)18-7-10-25(21,22)20-12-15-5-3-4-8-23-15;/h6,9,13,15,20H,2-5,7-8,10-12H2,1H3,(H2,17,18,19);1H. The van der Waals surface area contributed by atoms with Crippen molar-refractivity contribution in [1.29, 1.82) is 0 Å². The predicted octanol–water partition coefficient (Wildman–Crippen LogP) is 1.91. The fraction of sp³-hybridized carbons (Fsp3) is 0.688. The Kier molecular flexibility index (Phi) is 11.7. The van der Waals surface area contributed by atoms with E-state index in [0.717, 1.165) is 38.0 Å². The van der Waals surface area contributed by atoms with Crippen molar-refractivity contribution in [1.82, 2.24) is 15.4 Å². The molecule has 0 saturated carbocycles. The molecule has 2 rings (SSSR count). The highest BCUT2D eigenvalue weighted by atomic mass is 127. The summed E-state index contributed by atoms with van der Waals surface area (Å²) in [6.07, 6.45) is 3.08. The number of hydrogen-bond acceptors (Lipinski definition) is 5. The smallest absolute Gasteiger partial charge is 0.213 e. The van der Waals surface area contributed by atoms with E-state index in [-0.39, 0.29) is 35.8 Å². The van der Waals surface area contributed by atoms with Gasteiger partial charge in [-0.3, -0.25) is 0 Å². The molecule has 10 heteroatoms. The number of ether oxygens (including phenoxy) is 1. The van der Waals surface area contributed by atoms with Crippen molar-refractivity contribution in [3.8, 4) is 0 Å². The lowest BCUT2D eigenvalue weighted by molar-refractivity contribution is 0.0200. The molecular weight excluding hydrogens is 487 g/mol. The van der Waals surface area contributed by atoms with Gasteiger partial charge in [-0.05, 0) is 48.6 Å². The van der Waals surface area contributed by atoms with Crippen molar-refractivity contribution in [3.63, 3.8) is 0 Å². The molecule has 0 aromatic carbocycles. The summed E-state index contributed by atoms with van der Waals surface area (Å²) < 4.78 is 32.4. The Hall–Kier alpha value is -0.430. The number of sulfonamides is 1. The average molecular weight is 516 g/mol. The van der Waals surface area contributed by atoms with Crippen molar-refractivity contribution < 1.29 is 13.2 Å². The lowest BCUT2D eigenvalue weighted by Gasteiger charge is -2.22. The molecule has 1 saturated heterocycles. The van der Waals surface area contributed by atoms with E-state index in [1.807, 2.05) is 18.4 Å². The number of guanidine groups is 1. The van der Waals surface area contributed by atoms with E-state index in [2.05, 4.69) is 25.7 Å². The van der Waals surface area contributed by atoms with Crippen LogP contribution in [0.2, 0.25) is 0 Å². The molecule has 0 spiro atoms. The average Bonchev–Trinajstić information content (AvgIpc) is 3.12. The Bertz CT molecular complexity index is 617. The van der Waals surface area contributed by atoms with Crippen LogP contribution >= 0.6 is 35.3 Å². The molecule has 150 valence electrons. The molecule has 1 aliphatic rings. The summed E-state index contributed by atoms with van der Waals surface area (Å²) in [6.45, 7) is 4.65. The molecular formula is C16H29IN4O3S2. The lowest BCUT2D eigenvalue weighted by atomic mass is 10.1. The number of aliphatic imine (C=N–C) groups is 1. The first kappa shape index (κ1) is 23.6. The van der Waals surface area contributed by atoms with Crippen molar-refractivity contribution in [2.75, 3.05) is 32.0 Å². The van der Waals surface area contributed by atoms with Gasteiger partial charge in [-0.1, -0.05) is 0 Å². The molecule has 0 bridgehead atoms. The van der Waals surface area contributed by atoms with Gasteiger partial charge in [0.1, 0.15) is 0 Å². The molecule has 1 aromatic heterocycles. The van der Waals surface area contributed by atoms with Crippen LogP contribution in [0.15, 0.2) is 21.8 Å². The molecule has 1 fully saturated rings. The van der Waals surface area contributed by atoms with Crippen molar-refractivity contribution in [2.45, 2.75) is 38.8 Å². The third kappa shape index (κ3) is 9.49. The Morgan fingerprint density at radius 1 is 1.38 bits per heavy atom. The van der Waals surface area contributed by atoms with Gasteiger partial charge in [0.25, 0.3) is 0 Å². The molecule has 0 amide bonds. The summed E-state index contributed by atoms with van der Waals surface area (Å²) in [4.78, 5) is 4.46. The van der Waals surface area contributed by atoms with Crippen LogP contribution in [0.5, 0.6) is 0 Å². The van der Waals surface area contributed by atoms with Crippen LogP contribution in [0.25, 0.3) is 0 Å². The summed E-state index contributed by atoms with van der Waals surface area (Å²) in [6, 6.07) is 2.03. The van der Waals surface area contributed by atoms with Crippen LogP contribution in [-0.2, 0) is 21.3 Å². The molecule has 1 aliphatic heterocycles. The van der Waals surface area contributed by atoms with Crippen LogP contribution < -0.4 is 15.4 Å². The van der Waals surface area contributed by atoms with Crippen LogP contribution in [0.3, 0.4) is 0 Å². The first-order valence-electron chi connectivity index (χ1n) is 8.71. The largest absolute Gasteiger partial charge is 0.377 e. The van der Waals surface area contributed by atoms with Gasteiger partial charge < -0.3 is 15.4 Å². The molecule has 1 aromatic rings. The van der Waals surface area contributed by atoms with E-state index < -0.39 is 10.0 Å². The Morgan fingerprint density at radius 3 is 2.88 bits per heavy atom. The number of nitrogens with zero attached hydrogens (tertiary/aromatic N) is 1. The number of nitrogens with one attached hydrogen (secondary N) is 3. The van der Waals surface area contributed by atoms with Crippen LogP contribution in [0, 0.1) is 0 Å². The molecule has 0 radical (unpaired) electrons. The van der Waals surface area contributed by atoms with Gasteiger partial charge in [-0.2, -0.15) is 11.3 Å². The monoisotopic (exact) mass is 516 g/mol. The van der Waals surface area contributed by atoms with E-state index >= 15 is 0 Å². The van der Waals surface area contributed by atoms with Crippen molar-refractivity contribution in [3.05, 3.63) is 22.4 Å². The lowest BCUT2D eigenvalue weighted by Crippen LogP contribution is -2.42. The molecule has 26 heavy (non-hydrogen) atoms. The Morgan fingerprint density at radius 2 is 2.23 bits per heavy atom. The molecule has 3 N–H and O–H groups in total. The molecule has 1 unspecified atom stereocenters. The number of halogens is 1. The highest BCUT2D eigenvalue weighted by Crippen LogP contribution is 2.11. The van der Waals surface area contributed by atoms with Gasteiger partial charge in [0.2, 0.25) is 10.0 Å². The summed E-state index contributed by atoms with van der Waals surface area (Å²) in [5.74, 6) is 0.627. The minimum atomic E-state index is -3.32. The van der Waals surface area contributed by atoms with E-state index in [1.165, 1.54) is 0 Å². The fourth-order valence-corrected chi connectivity index (χ4v) is 4.07. The zero-order valence-electron chi connectivity index (χ0n) is 15.1. The second kappa shape index (κ2) is 12.9. The van der Waals surface area contributed by atoms with Gasteiger partial charge in [-0.15, -0.1) is 24.0 Å². The first-order valence-corrected chi connectivity index (χ1v) is 11.3. The van der Waals surface area contributed by atoms with E-state index in [4.69, 9.17) is 4.74 Å². The minimum absolute atomic E-state index is 0. The highest BCUT2D eigenvalue weighted by molar-refractivity contribution is 14.0. The van der Waals surface area contributed by atoms with Gasteiger partial charge in [0, 0.05) is 26.2 Å². The van der Waals surface area contributed by atoms with Crippen LogP contribution in [0.1, 0.15) is 31.7 Å². The summed E-state index contributed by atoms with van der Waals surface area (Å²) in [5, 5.41) is 10.3.